The molecular formula is C18H27N3O. The number of rotatable bonds is 3. The van der Waals surface area contributed by atoms with Gasteiger partial charge in [0.15, 0.2) is 0 Å². The van der Waals surface area contributed by atoms with Gasteiger partial charge in [-0.05, 0) is 32.1 Å². The van der Waals surface area contributed by atoms with Crippen molar-refractivity contribution >= 4 is 5.91 Å². The van der Waals surface area contributed by atoms with Gasteiger partial charge in [-0.3, -0.25) is 4.79 Å². The van der Waals surface area contributed by atoms with Crippen LogP contribution in [0.1, 0.15) is 63.7 Å². The summed E-state index contributed by atoms with van der Waals surface area (Å²) in [5, 5.41) is 0. The highest BCUT2D eigenvalue weighted by Gasteiger charge is 2.30. The van der Waals surface area contributed by atoms with Crippen LogP contribution in [0.5, 0.6) is 0 Å². The van der Waals surface area contributed by atoms with Crippen LogP contribution in [0.15, 0.2) is 24.5 Å². The average molecular weight is 301 g/mol. The summed E-state index contributed by atoms with van der Waals surface area (Å²) in [4.78, 5) is 19.4. The predicted molar refractivity (Wildman–Crippen MR) is 87.6 cm³/mol. The SMILES string of the molecule is CC(C)c1nccn1[C@H]1CCCN(C(=O)[C@@H]2CC=CCC2)C1. The van der Waals surface area contributed by atoms with Gasteiger partial charge in [0, 0.05) is 37.3 Å². The van der Waals surface area contributed by atoms with Gasteiger partial charge in [-0.15, -0.1) is 0 Å². The maximum Gasteiger partial charge on any atom is 0.226 e. The van der Waals surface area contributed by atoms with Gasteiger partial charge in [0.05, 0.1) is 6.04 Å². The number of hydrogen-bond donors (Lipinski definition) is 0. The van der Waals surface area contributed by atoms with Gasteiger partial charge in [0.2, 0.25) is 5.91 Å². The number of hydrogen-bond acceptors (Lipinski definition) is 2. The Balaban J connectivity index is 1.70. The molecule has 0 radical (unpaired) electrons. The van der Waals surface area contributed by atoms with Crippen LogP contribution in [0, 0.1) is 5.92 Å². The van der Waals surface area contributed by atoms with Gasteiger partial charge in [-0.1, -0.05) is 26.0 Å². The number of carbonyl (C=O) groups is 1. The standard InChI is InChI=1S/C18H27N3O/c1-14(2)17-19-10-12-21(17)16-9-6-11-20(13-16)18(22)15-7-4-3-5-8-15/h3-4,10,12,14-16H,5-9,11,13H2,1-2H3/t15-,16+/m1/s1. The van der Waals surface area contributed by atoms with Crippen LogP contribution < -0.4 is 0 Å². The first kappa shape index (κ1) is 15.3. The smallest absolute Gasteiger partial charge is 0.226 e. The largest absolute Gasteiger partial charge is 0.340 e. The highest BCUT2D eigenvalue weighted by molar-refractivity contribution is 5.79. The Bertz CT molecular complexity index is 546. The maximum absolute atomic E-state index is 12.8. The summed E-state index contributed by atoms with van der Waals surface area (Å²) in [5.41, 5.74) is 0. The second kappa shape index (κ2) is 6.67. The van der Waals surface area contributed by atoms with Crippen LogP contribution >= 0.6 is 0 Å². The van der Waals surface area contributed by atoms with Crippen LogP contribution in [0.25, 0.3) is 0 Å². The minimum Gasteiger partial charge on any atom is -0.340 e. The van der Waals surface area contributed by atoms with Crippen molar-refractivity contribution in [2.75, 3.05) is 13.1 Å². The summed E-state index contributed by atoms with van der Waals surface area (Å²) in [6.45, 7) is 6.12. The molecule has 0 unspecified atom stereocenters. The number of nitrogens with zero attached hydrogens (tertiary/aromatic N) is 3. The van der Waals surface area contributed by atoms with Gasteiger partial charge in [0.25, 0.3) is 0 Å². The zero-order valence-electron chi connectivity index (χ0n) is 13.7. The molecule has 2 aliphatic rings. The van der Waals surface area contributed by atoms with Crippen molar-refractivity contribution in [2.24, 2.45) is 5.92 Å². The molecule has 22 heavy (non-hydrogen) atoms. The van der Waals surface area contributed by atoms with Crippen molar-refractivity contribution in [1.29, 1.82) is 0 Å². The first-order chi connectivity index (χ1) is 10.7. The zero-order chi connectivity index (χ0) is 15.5. The number of piperidine rings is 1. The Labute approximate surface area is 133 Å². The first-order valence-corrected chi connectivity index (χ1v) is 8.63. The molecule has 0 saturated carbocycles. The summed E-state index contributed by atoms with van der Waals surface area (Å²) in [6, 6.07) is 0.386. The molecule has 1 fully saturated rings. The Morgan fingerprint density at radius 1 is 1.32 bits per heavy atom. The molecule has 1 saturated heterocycles. The molecule has 2 atom stereocenters. The zero-order valence-corrected chi connectivity index (χ0v) is 13.7. The van der Waals surface area contributed by atoms with Gasteiger partial charge in [0.1, 0.15) is 5.82 Å². The molecule has 4 nitrogen and oxygen atoms in total. The number of carbonyl (C=O) groups excluding carboxylic acids is 1. The monoisotopic (exact) mass is 301 g/mol. The van der Waals surface area contributed by atoms with Crippen molar-refractivity contribution in [1.82, 2.24) is 14.5 Å². The van der Waals surface area contributed by atoms with E-state index >= 15 is 0 Å². The number of amides is 1. The van der Waals surface area contributed by atoms with E-state index in [-0.39, 0.29) is 5.92 Å². The normalized spacial score (nSPS) is 25.7. The Hall–Kier alpha value is -1.58. The molecule has 120 valence electrons. The topological polar surface area (TPSA) is 38.1 Å². The van der Waals surface area contributed by atoms with Crippen molar-refractivity contribution in [3.8, 4) is 0 Å². The van der Waals surface area contributed by atoms with Crippen LogP contribution in [-0.4, -0.2) is 33.4 Å². The summed E-state index contributed by atoms with van der Waals surface area (Å²) in [7, 11) is 0. The molecule has 1 aromatic rings. The average Bonchev–Trinajstić information content (AvgIpc) is 3.05. The Morgan fingerprint density at radius 3 is 2.91 bits per heavy atom. The van der Waals surface area contributed by atoms with Crippen LogP contribution in [0.4, 0.5) is 0 Å². The minimum absolute atomic E-state index is 0.205. The fourth-order valence-electron chi connectivity index (χ4n) is 3.74. The minimum atomic E-state index is 0.205. The van der Waals surface area contributed by atoms with E-state index in [0.717, 1.165) is 51.0 Å². The summed E-state index contributed by atoms with van der Waals surface area (Å²) in [6.07, 6.45) is 13.6. The van der Waals surface area contributed by atoms with Crippen LogP contribution in [-0.2, 0) is 4.79 Å². The number of allylic oxidation sites excluding steroid dienone is 2. The summed E-state index contributed by atoms with van der Waals surface area (Å²) >= 11 is 0. The van der Waals surface area contributed by atoms with Crippen molar-refractivity contribution < 1.29 is 4.79 Å². The van der Waals surface area contributed by atoms with Crippen molar-refractivity contribution in [3.05, 3.63) is 30.4 Å². The highest BCUT2D eigenvalue weighted by Crippen LogP contribution is 2.28. The second-order valence-electron chi connectivity index (χ2n) is 6.91. The molecule has 1 amide bonds. The molecule has 1 aliphatic carbocycles. The van der Waals surface area contributed by atoms with Gasteiger partial charge in [-0.25, -0.2) is 4.98 Å². The lowest BCUT2D eigenvalue weighted by Crippen LogP contribution is -2.44. The molecule has 0 bridgehead atoms. The van der Waals surface area contributed by atoms with E-state index in [9.17, 15) is 4.79 Å². The predicted octanol–water partition coefficient (Wildman–Crippen LogP) is 3.53. The van der Waals surface area contributed by atoms with E-state index in [1.807, 2.05) is 6.20 Å². The van der Waals surface area contributed by atoms with Crippen molar-refractivity contribution in [3.63, 3.8) is 0 Å². The van der Waals surface area contributed by atoms with Gasteiger partial charge >= 0.3 is 0 Å². The molecule has 0 N–H and O–H groups in total. The van der Waals surface area contributed by atoms with E-state index in [2.05, 4.69) is 46.6 Å². The third-order valence-electron chi connectivity index (χ3n) is 4.93. The third-order valence-corrected chi connectivity index (χ3v) is 4.93. The second-order valence-corrected chi connectivity index (χ2v) is 6.91. The van der Waals surface area contributed by atoms with Crippen molar-refractivity contribution in [2.45, 2.75) is 57.9 Å². The van der Waals surface area contributed by atoms with Crippen LogP contribution in [0.3, 0.4) is 0 Å². The number of imidazole rings is 1. The van der Waals surface area contributed by atoms with Gasteiger partial charge in [-0.2, -0.15) is 0 Å². The lowest BCUT2D eigenvalue weighted by atomic mass is 9.92. The quantitative estimate of drug-likeness (QED) is 0.801. The number of likely N-dealkylation sites (tertiary alicyclic amines) is 1. The molecular weight excluding hydrogens is 274 g/mol. The molecule has 1 aromatic heterocycles. The Morgan fingerprint density at radius 2 is 2.18 bits per heavy atom. The fourth-order valence-corrected chi connectivity index (χ4v) is 3.74. The van der Waals surface area contributed by atoms with Gasteiger partial charge < -0.3 is 9.47 Å². The molecule has 2 heterocycles. The highest BCUT2D eigenvalue weighted by atomic mass is 16.2. The summed E-state index contributed by atoms with van der Waals surface area (Å²) in [5.74, 6) is 2.13. The van der Waals surface area contributed by atoms with E-state index in [1.165, 1.54) is 0 Å². The van der Waals surface area contributed by atoms with E-state index < -0.39 is 0 Å². The third kappa shape index (κ3) is 3.11. The Kier molecular flexibility index (Phi) is 4.65. The molecule has 4 heteroatoms. The molecule has 0 aromatic carbocycles. The lowest BCUT2D eigenvalue weighted by Gasteiger charge is -2.36. The molecule has 3 rings (SSSR count). The van der Waals surface area contributed by atoms with E-state index in [0.29, 0.717) is 17.9 Å². The lowest BCUT2D eigenvalue weighted by molar-refractivity contribution is -0.137. The molecule has 1 aliphatic heterocycles. The molecule has 0 spiro atoms. The van der Waals surface area contributed by atoms with Crippen LogP contribution in [0.2, 0.25) is 0 Å². The van der Waals surface area contributed by atoms with E-state index in [4.69, 9.17) is 0 Å². The van der Waals surface area contributed by atoms with E-state index in [1.54, 1.807) is 0 Å². The first-order valence-electron chi connectivity index (χ1n) is 8.63. The fraction of sp³-hybridized carbons (Fsp3) is 0.667. The summed E-state index contributed by atoms with van der Waals surface area (Å²) < 4.78 is 2.30. The maximum atomic E-state index is 12.8. The number of aromatic nitrogens is 2.